The average molecular weight is 591 g/mol. The average Bonchev–Trinajstić information content (AvgIpc) is 3.54. The summed E-state index contributed by atoms with van der Waals surface area (Å²) in [6.07, 6.45) is 22.1. The predicted octanol–water partition coefficient (Wildman–Crippen LogP) is 8.85. The number of rotatable bonds is 1. The van der Waals surface area contributed by atoms with Crippen LogP contribution < -0.4 is 5.46 Å². The van der Waals surface area contributed by atoms with Crippen LogP contribution in [0.2, 0.25) is 11.6 Å². The summed E-state index contributed by atoms with van der Waals surface area (Å²) >= 11 is 0. The highest BCUT2D eigenvalue weighted by Gasteiger charge is 2.70. The molecule has 2 nitrogen and oxygen atoms in total. The van der Waals surface area contributed by atoms with E-state index >= 15 is 0 Å². The van der Waals surface area contributed by atoms with Gasteiger partial charge in [-0.3, -0.25) is 0 Å². The molecule has 9 aliphatic rings. The first kappa shape index (κ1) is 27.7. The molecule has 2 saturated heterocycles. The highest BCUT2D eigenvalue weighted by Crippen LogP contribution is 2.70. The van der Waals surface area contributed by atoms with Gasteiger partial charge in [0.15, 0.2) is 6.71 Å². The minimum absolute atomic E-state index is 0.513. The minimum atomic E-state index is 0.513. The van der Waals surface area contributed by atoms with Gasteiger partial charge in [-0.2, -0.15) is 0 Å². The van der Waals surface area contributed by atoms with E-state index in [0.29, 0.717) is 5.41 Å². The summed E-state index contributed by atoms with van der Waals surface area (Å²) in [5, 5.41) is 0. The van der Waals surface area contributed by atoms with Crippen molar-refractivity contribution in [2.45, 2.75) is 147 Å². The van der Waals surface area contributed by atoms with Crippen LogP contribution in [0.4, 0.5) is 0 Å². The maximum absolute atomic E-state index is 3.37. The van der Waals surface area contributed by atoms with Crippen LogP contribution in [-0.2, 0) is 0 Å². The van der Waals surface area contributed by atoms with E-state index in [2.05, 4.69) is 73.9 Å². The molecule has 0 radical (unpaired) electrons. The highest BCUT2D eigenvalue weighted by atomic mass is 15.4. The summed E-state index contributed by atoms with van der Waals surface area (Å²) < 4.78 is 0. The molecule has 6 aliphatic carbocycles. The molecule has 10 rings (SSSR count). The molecule has 3 heterocycles. The maximum atomic E-state index is 3.37. The fourth-order valence-electron chi connectivity index (χ4n) is 16.0. The second-order valence-electron chi connectivity index (χ2n) is 18.7. The largest absolute Gasteiger partial charge is 0.353 e. The van der Waals surface area contributed by atoms with E-state index in [4.69, 9.17) is 0 Å². The normalized spacial score (nSPS) is 51.3. The smallest absolute Gasteiger partial charge is 0.186 e. The van der Waals surface area contributed by atoms with Gasteiger partial charge in [-0.15, -0.1) is 0 Å². The zero-order valence-corrected chi connectivity index (χ0v) is 28.3. The molecule has 44 heavy (non-hydrogen) atoms. The van der Waals surface area contributed by atoms with Gasteiger partial charge in [0.25, 0.3) is 0 Å². The van der Waals surface area contributed by atoms with Gasteiger partial charge in [-0.1, -0.05) is 102 Å². The molecular weight excluding hydrogens is 531 g/mol. The fourth-order valence-corrected chi connectivity index (χ4v) is 16.0. The lowest BCUT2D eigenvalue weighted by molar-refractivity contribution is -0.140. The van der Waals surface area contributed by atoms with Crippen molar-refractivity contribution < 1.29 is 0 Å². The number of nitrogens with zero attached hydrogens (tertiary/aromatic N) is 2. The Morgan fingerprint density at radius 2 is 1.43 bits per heavy atom. The van der Waals surface area contributed by atoms with E-state index in [1.807, 2.05) is 0 Å². The van der Waals surface area contributed by atoms with Gasteiger partial charge < -0.3 is 9.80 Å². The van der Waals surface area contributed by atoms with Crippen molar-refractivity contribution in [1.82, 2.24) is 9.80 Å². The fraction of sp³-hybridized carbons (Fsp3) is 0.805. The molecule has 15 unspecified atom stereocenters. The quantitative estimate of drug-likeness (QED) is 0.302. The third kappa shape index (κ3) is 3.52. The number of benzene rings is 1. The lowest BCUT2D eigenvalue weighted by Gasteiger charge is -2.71. The van der Waals surface area contributed by atoms with Gasteiger partial charge in [-0.05, 0) is 109 Å². The van der Waals surface area contributed by atoms with Crippen LogP contribution in [0.15, 0.2) is 42.2 Å². The van der Waals surface area contributed by atoms with Crippen molar-refractivity contribution in [2.75, 3.05) is 0 Å². The zero-order chi connectivity index (χ0) is 29.5. The summed E-state index contributed by atoms with van der Waals surface area (Å²) in [5.74, 6) is 11.6. The van der Waals surface area contributed by atoms with E-state index < -0.39 is 0 Å². The molecule has 1 aromatic rings. The van der Waals surface area contributed by atoms with E-state index in [9.17, 15) is 0 Å². The molecule has 1 aromatic carbocycles. The van der Waals surface area contributed by atoms with Gasteiger partial charge in [0.2, 0.25) is 0 Å². The molecule has 0 spiro atoms. The molecule has 3 heteroatoms. The Balaban J connectivity index is 1.19. The van der Waals surface area contributed by atoms with E-state index in [0.717, 1.165) is 95.8 Å². The van der Waals surface area contributed by atoms with Crippen molar-refractivity contribution in [3.05, 3.63) is 42.2 Å². The van der Waals surface area contributed by atoms with E-state index in [1.165, 1.54) is 83.5 Å². The lowest BCUT2D eigenvalue weighted by Crippen LogP contribution is -2.76. The third-order valence-corrected chi connectivity index (χ3v) is 17.1. The Hall–Kier alpha value is -1.38. The Kier molecular flexibility index (Phi) is 6.19. The molecule has 3 aliphatic heterocycles. The van der Waals surface area contributed by atoms with Gasteiger partial charge in [0.1, 0.15) is 5.82 Å². The monoisotopic (exact) mass is 590 g/mol. The summed E-state index contributed by atoms with van der Waals surface area (Å²) in [5.41, 5.74) is 2.23. The number of hydrogen-bond donors (Lipinski definition) is 0. The first-order valence-corrected chi connectivity index (χ1v) is 19.8. The van der Waals surface area contributed by atoms with Crippen molar-refractivity contribution >= 4 is 12.2 Å². The SMILES string of the molecule is CC1CCC2C3C1C(C)CC1B(c4ccccc4)C4CCC5C(C6CCCCC6C5(C)C)C4N(C4=CC5CCCCC5N42)C13. The molecule has 0 aromatic heterocycles. The summed E-state index contributed by atoms with van der Waals surface area (Å²) in [4.78, 5) is 6.58. The minimum Gasteiger partial charge on any atom is -0.353 e. The van der Waals surface area contributed by atoms with Crippen molar-refractivity contribution in [2.24, 2.45) is 58.7 Å². The van der Waals surface area contributed by atoms with E-state index in [1.54, 1.807) is 11.3 Å². The standard InChI is InChI=1S/C41H59BN2/c1-24-18-21-34-38-36(24)25(2)22-32-40(38)44(35-23-26-12-8-11-17-33(26)43(34)35)39-31(42(32)27-13-6-5-7-14-27)20-19-30-37(39)28-15-9-10-16-29(28)41(30,3)4/h5-7,13-14,23-26,28-34,36-40H,8-12,15-22H2,1-4H3. The molecular formula is C41H59BN2. The van der Waals surface area contributed by atoms with Crippen molar-refractivity contribution in [3.63, 3.8) is 0 Å². The molecule has 15 atom stereocenters. The van der Waals surface area contributed by atoms with Crippen LogP contribution in [0, 0.1) is 58.7 Å². The van der Waals surface area contributed by atoms with E-state index in [-0.39, 0.29) is 0 Å². The zero-order valence-electron chi connectivity index (χ0n) is 28.3. The van der Waals surface area contributed by atoms with Crippen LogP contribution in [0.3, 0.4) is 0 Å². The molecule has 0 amide bonds. The van der Waals surface area contributed by atoms with Gasteiger partial charge >= 0.3 is 0 Å². The molecule has 0 bridgehead atoms. The Bertz CT molecular complexity index is 1300. The second kappa shape index (κ2) is 9.82. The van der Waals surface area contributed by atoms with Crippen LogP contribution in [-0.4, -0.2) is 40.7 Å². The van der Waals surface area contributed by atoms with Gasteiger partial charge in [-0.25, -0.2) is 0 Å². The third-order valence-electron chi connectivity index (χ3n) is 17.1. The van der Waals surface area contributed by atoms with Gasteiger partial charge in [0.05, 0.1) is 0 Å². The molecule has 8 fully saturated rings. The van der Waals surface area contributed by atoms with Crippen molar-refractivity contribution in [3.8, 4) is 0 Å². The molecule has 236 valence electrons. The predicted molar refractivity (Wildman–Crippen MR) is 183 cm³/mol. The van der Waals surface area contributed by atoms with Crippen LogP contribution in [0.1, 0.15) is 111 Å². The summed E-state index contributed by atoms with van der Waals surface area (Å²) in [7, 11) is 0. The van der Waals surface area contributed by atoms with Crippen LogP contribution in [0.5, 0.6) is 0 Å². The maximum Gasteiger partial charge on any atom is 0.186 e. The summed E-state index contributed by atoms with van der Waals surface area (Å²) in [6, 6.07) is 15.3. The number of hydrogen-bond acceptors (Lipinski definition) is 2. The van der Waals surface area contributed by atoms with Crippen molar-refractivity contribution in [1.29, 1.82) is 0 Å². The topological polar surface area (TPSA) is 6.48 Å². The molecule has 6 saturated carbocycles. The highest BCUT2D eigenvalue weighted by molar-refractivity contribution is 6.76. The Labute approximate surface area is 269 Å². The van der Waals surface area contributed by atoms with Gasteiger partial charge in [0, 0.05) is 36.0 Å². The van der Waals surface area contributed by atoms with Crippen LogP contribution in [0.25, 0.3) is 0 Å². The van der Waals surface area contributed by atoms with Crippen LogP contribution >= 0.6 is 0 Å². The summed E-state index contributed by atoms with van der Waals surface area (Å²) in [6.45, 7) is 11.6. The molecule has 0 N–H and O–H groups in total. The second-order valence-corrected chi connectivity index (χ2v) is 18.7. The number of fused-ring (bicyclic) bond motifs is 11. The Morgan fingerprint density at radius 1 is 0.659 bits per heavy atom. The Morgan fingerprint density at radius 3 is 2.30 bits per heavy atom. The first-order chi connectivity index (χ1) is 21.4. The lowest BCUT2D eigenvalue weighted by atomic mass is 9.22. The first-order valence-electron chi connectivity index (χ1n) is 19.8.